The number of likely N-dealkylation sites (tertiary alicyclic amines) is 1. The normalized spacial score (nSPS) is 18.5. The maximum absolute atomic E-state index is 12.6. The zero-order valence-corrected chi connectivity index (χ0v) is 16.6. The lowest BCUT2D eigenvalue weighted by molar-refractivity contribution is -0.141. The third kappa shape index (κ3) is 5.07. The average Bonchev–Trinajstić information content (AvgIpc) is 2.58. The van der Waals surface area contributed by atoms with Crippen molar-refractivity contribution in [2.45, 2.75) is 32.5 Å². The number of alkyl halides is 3. The summed E-state index contributed by atoms with van der Waals surface area (Å²) in [5, 5.41) is 0. The second-order valence-electron chi connectivity index (χ2n) is 8.16. The molecule has 29 heavy (non-hydrogen) atoms. The van der Waals surface area contributed by atoms with Crippen molar-refractivity contribution in [3.8, 4) is 0 Å². The third-order valence-corrected chi connectivity index (χ3v) is 4.72. The molecule has 11 heteroatoms. The van der Waals surface area contributed by atoms with Gasteiger partial charge >= 0.3 is 12.3 Å². The molecule has 2 aliphatic rings. The summed E-state index contributed by atoms with van der Waals surface area (Å²) in [6.45, 7) is 7.72. The first-order valence-corrected chi connectivity index (χ1v) is 9.35. The van der Waals surface area contributed by atoms with Crippen LogP contribution in [-0.4, -0.2) is 76.6 Å². The van der Waals surface area contributed by atoms with E-state index in [2.05, 4.69) is 9.97 Å². The minimum atomic E-state index is -4.47. The van der Waals surface area contributed by atoms with Gasteiger partial charge in [0.05, 0.1) is 11.5 Å². The molecule has 160 valence electrons. The highest BCUT2D eigenvalue weighted by Gasteiger charge is 2.40. The summed E-state index contributed by atoms with van der Waals surface area (Å²) in [5.74, 6) is -0.0703. The zero-order chi connectivity index (χ0) is 21.4. The molecule has 2 saturated heterocycles. The summed E-state index contributed by atoms with van der Waals surface area (Å²) < 4.78 is 43.1. The first kappa shape index (κ1) is 21.1. The molecule has 0 unspecified atom stereocenters. The van der Waals surface area contributed by atoms with Crippen molar-refractivity contribution in [2.24, 2.45) is 5.92 Å². The number of ether oxygens (including phenoxy) is 1. The van der Waals surface area contributed by atoms with Crippen molar-refractivity contribution in [3.05, 3.63) is 18.0 Å². The Bertz CT molecular complexity index is 749. The quantitative estimate of drug-likeness (QED) is 0.735. The number of carbonyl (C=O) groups is 2. The van der Waals surface area contributed by atoms with E-state index in [1.807, 2.05) is 0 Å². The summed E-state index contributed by atoms with van der Waals surface area (Å²) in [5.41, 5.74) is -1.47. The Balaban J connectivity index is 1.46. The molecule has 2 fully saturated rings. The number of anilines is 1. The number of rotatable bonds is 2. The highest BCUT2D eigenvalue weighted by atomic mass is 19.4. The number of carbonyl (C=O) groups excluding carboxylic acids is 2. The molecule has 0 atom stereocenters. The van der Waals surface area contributed by atoms with E-state index in [-0.39, 0.29) is 17.8 Å². The van der Waals surface area contributed by atoms with Crippen molar-refractivity contribution in [1.29, 1.82) is 0 Å². The highest BCUT2D eigenvalue weighted by Crippen LogP contribution is 2.28. The van der Waals surface area contributed by atoms with Crippen molar-refractivity contribution < 1.29 is 27.5 Å². The van der Waals surface area contributed by atoms with Crippen LogP contribution in [0.1, 0.15) is 26.3 Å². The Labute approximate surface area is 166 Å². The molecule has 3 rings (SSSR count). The second-order valence-corrected chi connectivity index (χ2v) is 8.16. The summed E-state index contributed by atoms with van der Waals surface area (Å²) in [7, 11) is 0. The molecule has 0 aromatic carbocycles. The van der Waals surface area contributed by atoms with Crippen molar-refractivity contribution >= 4 is 17.9 Å². The minimum absolute atomic E-state index is 0.0298. The lowest BCUT2D eigenvalue weighted by atomic mass is 9.98. The summed E-state index contributed by atoms with van der Waals surface area (Å²) in [6.07, 6.45) is -3.37. The van der Waals surface area contributed by atoms with E-state index < -0.39 is 23.4 Å². The summed E-state index contributed by atoms with van der Waals surface area (Å²) in [6, 6.07) is 0. The smallest absolute Gasteiger partial charge is 0.419 e. The molecule has 0 spiro atoms. The van der Waals surface area contributed by atoms with E-state index in [1.54, 1.807) is 30.6 Å². The maximum atomic E-state index is 12.6. The topological polar surface area (TPSA) is 78.9 Å². The SMILES string of the molecule is CC(C)(C)OC(=O)N1CC(C(=O)N2CCN(c3ncc(C(F)(F)F)cn3)CC2)C1. The molecule has 2 amide bonds. The van der Waals surface area contributed by atoms with E-state index >= 15 is 0 Å². The number of nitrogens with zero attached hydrogens (tertiary/aromatic N) is 5. The van der Waals surface area contributed by atoms with E-state index in [0.29, 0.717) is 39.3 Å². The van der Waals surface area contributed by atoms with Gasteiger partial charge in [-0.2, -0.15) is 13.2 Å². The molecular formula is C18H24F3N5O3. The van der Waals surface area contributed by atoms with Gasteiger partial charge in [0.25, 0.3) is 0 Å². The van der Waals surface area contributed by atoms with Gasteiger partial charge in [0.1, 0.15) is 5.60 Å². The van der Waals surface area contributed by atoms with Crippen LogP contribution in [0.25, 0.3) is 0 Å². The fourth-order valence-electron chi connectivity index (χ4n) is 3.13. The number of halogens is 3. The van der Waals surface area contributed by atoms with Gasteiger partial charge < -0.3 is 19.4 Å². The average molecular weight is 415 g/mol. The Morgan fingerprint density at radius 3 is 2.03 bits per heavy atom. The predicted octanol–water partition coefficient (Wildman–Crippen LogP) is 2.01. The Morgan fingerprint density at radius 2 is 1.55 bits per heavy atom. The van der Waals surface area contributed by atoms with Gasteiger partial charge in [-0.3, -0.25) is 4.79 Å². The standard InChI is InChI=1S/C18H24F3N5O3/c1-17(2,3)29-16(28)26-10-12(11-26)14(27)24-4-6-25(7-5-24)15-22-8-13(9-23-15)18(19,20)21/h8-9,12H,4-7,10-11H2,1-3H3. The highest BCUT2D eigenvalue weighted by molar-refractivity contribution is 5.83. The molecule has 0 radical (unpaired) electrons. The minimum Gasteiger partial charge on any atom is -0.444 e. The predicted molar refractivity (Wildman–Crippen MR) is 97.1 cm³/mol. The lowest BCUT2D eigenvalue weighted by Gasteiger charge is -2.42. The fourth-order valence-corrected chi connectivity index (χ4v) is 3.13. The van der Waals surface area contributed by atoms with Gasteiger partial charge in [0, 0.05) is 51.7 Å². The van der Waals surface area contributed by atoms with Crippen LogP contribution in [0.5, 0.6) is 0 Å². The van der Waals surface area contributed by atoms with Crippen molar-refractivity contribution in [3.63, 3.8) is 0 Å². The lowest BCUT2D eigenvalue weighted by Crippen LogP contribution is -2.59. The number of aromatic nitrogens is 2. The van der Waals surface area contributed by atoms with Gasteiger partial charge in [-0.1, -0.05) is 0 Å². The molecule has 1 aromatic rings. The Hall–Kier alpha value is -2.59. The summed E-state index contributed by atoms with van der Waals surface area (Å²) >= 11 is 0. The van der Waals surface area contributed by atoms with Crippen LogP contribution < -0.4 is 4.90 Å². The van der Waals surface area contributed by atoms with Crippen LogP contribution in [0.2, 0.25) is 0 Å². The summed E-state index contributed by atoms with van der Waals surface area (Å²) in [4.78, 5) is 37.1. The largest absolute Gasteiger partial charge is 0.444 e. The monoisotopic (exact) mass is 415 g/mol. The van der Waals surface area contributed by atoms with Gasteiger partial charge in [0.2, 0.25) is 11.9 Å². The molecular weight excluding hydrogens is 391 g/mol. The van der Waals surface area contributed by atoms with Crippen LogP contribution in [0.4, 0.5) is 23.9 Å². The number of hydrogen-bond donors (Lipinski definition) is 0. The Morgan fingerprint density at radius 1 is 1.00 bits per heavy atom. The zero-order valence-electron chi connectivity index (χ0n) is 16.6. The van der Waals surface area contributed by atoms with E-state index in [9.17, 15) is 22.8 Å². The van der Waals surface area contributed by atoms with E-state index in [4.69, 9.17) is 4.74 Å². The van der Waals surface area contributed by atoms with Crippen LogP contribution >= 0.6 is 0 Å². The van der Waals surface area contributed by atoms with Crippen LogP contribution in [-0.2, 0) is 15.7 Å². The van der Waals surface area contributed by atoms with Crippen LogP contribution in [0, 0.1) is 5.92 Å². The van der Waals surface area contributed by atoms with Gasteiger partial charge in [-0.05, 0) is 20.8 Å². The first-order chi connectivity index (χ1) is 13.4. The molecule has 1 aromatic heterocycles. The van der Waals surface area contributed by atoms with Gasteiger partial charge in [-0.25, -0.2) is 14.8 Å². The van der Waals surface area contributed by atoms with Gasteiger partial charge in [0.15, 0.2) is 0 Å². The second kappa shape index (κ2) is 7.68. The van der Waals surface area contributed by atoms with Crippen molar-refractivity contribution in [2.75, 3.05) is 44.2 Å². The van der Waals surface area contributed by atoms with Crippen LogP contribution in [0.15, 0.2) is 12.4 Å². The number of amides is 2. The molecule has 0 N–H and O–H groups in total. The van der Waals surface area contributed by atoms with Crippen molar-refractivity contribution in [1.82, 2.24) is 19.8 Å². The molecule has 8 nitrogen and oxygen atoms in total. The molecule has 2 aliphatic heterocycles. The molecule has 0 aliphatic carbocycles. The van der Waals surface area contributed by atoms with E-state index in [0.717, 1.165) is 12.4 Å². The molecule has 0 saturated carbocycles. The third-order valence-electron chi connectivity index (χ3n) is 4.72. The van der Waals surface area contributed by atoms with E-state index in [1.165, 1.54) is 4.90 Å². The molecule has 0 bridgehead atoms. The fraction of sp³-hybridized carbons (Fsp3) is 0.667. The van der Waals surface area contributed by atoms with Crippen LogP contribution in [0.3, 0.4) is 0 Å². The number of hydrogen-bond acceptors (Lipinski definition) is 6. The van der Waals surface area contributed by atoms with Gasteiger partial charge in [-0.15, -0.1) is 0 Å². The number of piperazine rings is 1. The first-order valence-electron chi connectivity index (χ1n) is 9.35. The maximum Gasteiger partial charge on any atom is 0.419 e. The Kier molecular flexibility index (Phi) is 5.59. The molecule has 3 heterocycles.